The van der Waals surface area contributed by atoms with E-state index in [1.165, 1.54) is 6.07 Å². The Hall–Kier alpha value is -1.59. The van der Waals surface area contributed by atoms with Gasteiger partial charge in [0.25, 0.3) is 0 Å². The maximum Gasteiger partial charge on any atom is 0.188 e. The van der Waals surface area contributed by atoms with E-state index in [1.54, 1.807) is 18.5 Å². The van der Waals surface area contributed by atoms with Gasteiger partial charge in [-0.15, -0.1) is 0 Å². The molecule has 0 radical (unpaired) electrons. The van der Waals surface area contributed by atoms with Crippen LogP contribution in [0.3, 0.4) is 0 Å². The number of halogens is 1. The fraction of sp³-hybridized carbons (Fsp3) is 0.444. The van der Waals surface area contributed by atoms with Crippen LogP contribution in [-0.2, 0) is 6.42 Å². The van der Waals surface area contributed by atoms with E-state index in [9.17, 15) is 14.0 Å². The quantitative estimate of drug-likeness (QED) is 0.626. The monoisotopic (exact) mass is 333 g/mol. The molecule has 0 amide bonds. The molecule has 124 valence electrons. The van der Waals surface area contributed by atoms with Crippen molar-refractivity contribution in [1.82, 2.24) is 4.98 Å². The summed E-state index contributed by atoms with van der Waals surface area (Å²) in [6, 6.07) is 3.13. The van der Waals surface area contributed by atoms with E-state index in [2.05, 4.69) is 18.8 Å². The van der Waals surface area contributed by atoms with Gasteiger partial charge in [-0.2, -0.15) is 0 Å². The zero-order chi connectivity index (χ0) is 17.3. The standard InChI is InChI=1S/C18H24FNO2Si/c1-18(2,23(3,4)22)8-5-6-13-10-17(19)16(12-21)14-7-9-20-11-15(13)14/h7,9-12,22H,5-6,8H2,1-4H3. The second kappa shape index (κ2) is 6.49. The zero-order valence-corrected chi connectivity index (χ0v) is 15.2. The molecule has 1 N–H and O–H groups in total. The second-order valence-corrected chi connectivity index (χ2v) is 11.7. The molecule has 2 aromatic rings. The minimum absolute atomic E-state index is 0.0929. The second-order valence-electron chi connectivity index (χ2n) is 7.27. The Morgan fingerprint density at radius 3 is 2.65 bits per heavy atom. The molecule has 1 heterocycles. The average molecular weight is 333 g/mol. The first-order valence-electron chi connectivity index (χ1n) is 7.90. The number of carbonyl (C=O) groups excluding carboxylic acids is 1. The molecule has 0 unspecified atom stereocenters. The smallest absolute Gasteiger partial charge is 0.188 e. The number of rotatable bonds is 6. The molecule has 0 bridgehead atoms. The molecular formula is C18H24FNO2Si. The van der Waals surface area contributed by atoms with Gasteiger partial charge in [-0.3, -0.25) is 9.78 Å². The van der Waals surface area contributed by atoms with E-state index >= 15 is 0 Å². The van der Waals surface area contributed by atoms with Crippen molar-refractivity contribution < 1.29 is 14.0 Å². The lowest BCUT2D eigenvalue weighted by molar-refractivity contribution is 0.112. The highest BCUT2D eigenvalue weighted by atomic mass is 28.4. The van der Waals surface area contributed by atoms with Crippen LogP contribution in [0.2, 0.25) is 18.1 Å². The number of benzene rings is 1. The molecule has 3 nitrogen and oxygen atoms in total. The minimum atomic E-state index is -2.24. The van der Waals surface area contributed by atoms with Crippen LogP contribution < -0.4 is 0 Å². The molecule has 0 saturated heterocycles. The van der Waals surface area contributed by atoms with Crippen LogP contribution in [0.1, 0.15) is 42.6 Å². The van der Waals surface area contributed by atoms with Crippen LogP contribution in [0, 0.1) is 5.82 Å². The number of aldehydes is 1. The Labute approximate surface area is 137 Å². The zero-order valence-electron chi connectivity index (χ0n) is 14.2. The van der Waals surface area contributed by atoms with E-state index in [-0.39, 0.29) is 10.6 Å². The lowest BCUT2D eigenvalue weighted by Gasteiger charge is -2.35. The van der Waals surface area contributed by atoms with Crippen LogP contribution in [0.15, 0.2) is 24.5 Å². The molecule has 0 atom stereocenters. The lowest BCUT2D eigenvalue weighted by Crippen LogP contribution is -2.38. The van der Waals surface area contributed by atoms with Gasteiger partial charge in [0.05, 0.1) is 5.56 Å². The third kappa shape index (κ3) is 3.67. The van der Waals surface area contributed by atoms with Gasteiger partial charge >= 0.3 is 0 Å². The molecule has 0 spiro atoms. The van der Waals surface area contributed by atoms with Gasteiger partial charge in [-0.05, 0) is 60.5 Å². The van der Waals surface area contributed by atoms with Gasteiger partial charge in [0, 0.05) is 17.8 Å². The van der Waals surface area contributed by atoms with Crippen LogP contribution in [0.25, 0.3) is 10.8 Å². The fourth-order valence-electron chi connectivity index (χ4n) is 2.68. The first-order chi connectivity index (χ1) is 10.7. The number of aryl methyl sites for hydroxylation is 1. The largest absolute Gasteiger partial charge is 0.432 e. The predicted molar refractivity (Wildman–Crippen MR) is 93.8 cm³/mol. The topological polar surface area (TPSA) is 50.2 Å². The summed E-state index contributed by atoms with van der Waals surface area (Å²) in [4.78, 5) is 25.6. The van der Waals surface area contributed by atoms with Crippen molar-refractivity contribution in [1.29, 1.82) is 0 Å². The Morgan fingerprint density at radius 2 is 2.04 bits per heavy atom. The lowest BCUT2D eigenvalue weighted by atomic mass is 9.96. The van der Waals surface area contributed by atoms with E-state index < -0.39 is 14.1 Å². The summed E-state index contributed by atoms with van der Waals surface area (Å²) in [6.45, 7) is 8.08. The van der Waals surface area contributed by atoms with Gasteiger partial charge < -0.3 is 4.80 Å². The normalized spacial score (nSPS) is 12.6. The van der Waals surface area contributed by atoms with E-state index in [4.69, 9.17) is 0 Å². The van der Waals surface area contributed by atoms with Crippen molar-refractivity contribution in [3.05, 3.63) is 41.5 Å². The summed E-state index contributed by atoms with van der Waals surface area (Å²) in [6.07, 6.45) is 6.25. The number of nitrogens with zero attached hydrogens (tertiary/aromatic N) is 1. The van der Waals surface area contributed by atoms with Crippen molar-refractivity contribution in [3.8, 4) is 0 Å². The molecular weight excluding hydrogens is 309 g/mol. The summed E-state index contributed by atoms with van der Waals surface area (Å²) in [5.41, 5.74) is 0.958. The average Bonchev–Trinajstić information content (AvgIpc) is 2.46. The van der Waals surface area contributed by atoms with Gasteiger partial charge in [0.1, 0.15) is 5.82 Å². The molecule has 2 rings (SSSR count). The summed E-state index contributed by atoms with van der Waals surface area (Å²) >= 11 is 0. The minimum Gasteiger partial charge on any atom is -0.432 e. The first kappa shape index (κ1) is 17.8. The molecule has 23 heavy (non-hydrogen) atoms. The number of aromatic nitrogens is 1. The summed E-state index contributed by atoms with van der Waals surface area (Å²) in [5.74, 6) is -0.482. The van der Waals surface area contributed by atoms with Crippen molar-refractivity contribution in [2.45, 2.75) is 51.2 Å². The Kier molecular flexibility index (Phi) is 5.01. The highest BCUT2D eigenvalue weighted by molar-refractivity contribution is 6.72. The molecule has 1 aromatic carbocycles. The number of hydrogen-bond donors (Lipinski definition) is 1. The van der Waals surface area contributed by atoms with E-state index in [0.29, 0.717) is 18.1 Å². The summed E-state index contributed by atoms with van der Waals surface area (Å²) in [5, 5.41) is 1.35. The van der Waals surface area contributed by atoms with Gasteiger partial charge in [-0.25, -0.2) is 4.39 Å². The number of carbonyl (C=O) groups is 1. The third-order valence-electron chi connectivity index (χ3n) is 5.04. The van der Waals surface area contributed by atoms with Gasteiger partial charge in [0.15, 0.2) is 14.6 Å². The molecule has 0 aliphatic heterocycles. The van der Waals surface area contributed by atoms with Crippen LogP contribution in [0.5, 0.6) is 0 Å². The van der Waals surface area contributed by atoms with Crippen molar-refractivity contribution >= 4 is 25.4 Å². The number of pyridine rings is 1. The molecule has 5 heteroatoms. The Balaban J connectivity index is 2.27. The van der Waals surface area contributed by atoms with Crippen molar-refractivity contribution in [2.75, 3.05) is 0 Å². The molecule has 0 fully saturated rings. The van der Waals surface area contributed by atoms with Crippen LogP contribution in [-0.4, -0.2) is 24.4 Å². The van der Waals surface area contributed by atoms with Crippen LogP contribution >= 0.6 is 0 Å². The third-order valence-corrected chi connectivity index (χ3v) is 8.60. The Morgan fingerprint density at radius 1 is 1.35 bits per heavy atom. The highest BCUT2D eigenvalue weighted by Gasteiger charge is 2.37. The van der Waals surface area contributed by atoms with Crippen molar-refractivity contribution in [3.63, 3.8) is 0 Å². The van der Waals surface area contributed by atoms with Gasteiger partial charge in [-0.1, -0.05) is 13.8 Å². The number of hydrogen-bond acceptors (Lipinski definition) is 3. The van der Waals surface area contributed by atoms with Crippen molar-refractivity contribution in [2.24, 2.45) is 0 Å². The first-order valence-corrected chi connectivity index (χ1v) is 10.8. The summed E-state index contributed by atoms with van der Waals surface area (Å²) < 4.78 is 14.1. The highest BCUT2D eigenvalue weighted by Crippen LogP contribution is 2.40. The van der Waals surface area contributed by atoms with Gasteiger partial charge in [0.2, 0.25) is 0 Å². The van der Waals surface area contributed by atoms with E-state index in [0.717, 1.165) is 23.8 Å². The number of fused-ring (bicyclic) bond motifs is 1. The van der Waals surface area contributed by atoms with E-state index in [1.807, 2.05) is 13.1 Å². The summed E-state index contributed by atoms with van der Waals surface area (Å²) in [7, 11) is -2.24. The molecule has 1 aromatic heterocycles. The molecule has 0 saturated carbocycles. The van der Waals surface area contributed by atoms with Crippen LogP contribution in [0.4, 0.5) is 4.39 Å². The molecule has 0 aliphatic carbocycles. The predicted octanol–water partition coefficient (Wildman–Crippen LogP) is 4.49. The fourth-order valence-corrected chi connectivity index (χ4v) is 3.46. The molecule has 0 aliphatic rings. The Bertz CT molecular complexity index is 723. The maximum atomic E-state index is 14.1. The SMILES string of the molecule is CC(C)(CCCc1cc(F)c(C=O)c2ccncc12)[Si](C)(C)O. The maximum absolute atomic E-state index is 14.1.